The molecule has 2 rings (SSSR count). The van der Waals surface area contributed by atoms with Gasteiger partial charge in [0.15, 0.2) is 0 Å². The lowest BCUT2D eigenvalue weighted by Crippen LogP contribution is -2.11. The molecule has 0 aromatic heterocycles. The molecule has 1 aromatic carbocycles. The van der Waals surface area contributed by atoms with Gasteiger partial charge >= 0.3 is 0 Å². The minimum atomic E-state index is 0.752. The fourth-order valence-corrected chi connectivity index (χ4v) is 2.55. The Hall–Kier alpha value is -0.980. The van der Waals surface area contributed by atoms with Crippen LogP contribution in [0, 0.1) is 5.92 Å². The number of benzene rings is 1. The molecule has 1 aromatic rings. The lowest BCUT2D eigenvalue weighted by molar-refractivity contribution is 0.344. The molecular weight excluding hydrogens is 170 g/mol. The molecule has 76 valence electrons. The summed E-state index contributed by atoms with van der Waals surface area (Å²) in [5, 5.41) is 0. The first-order valence-electron chi connectivity index (χ1n) is 5.61. The van der Waals surface area contributed by atoms with Gasteiger partial charge in [-0.05, 0) is 42.4 Å². The van der Waals surface area contributed by atoms with Gasteiger partial charge in [0, 0.05) is 5.69 Å². The van der Waals surface area contributed by atoms with Crippen molar-refractivity contribution in [2.75, 3.05) is 5.73 Å². The smallest absolute Gasteiger partial charge is 0.0316 e. The van der Waals surface area contributed by atoms with Crippen LogP contribution in [0.15, 0.2) is 24.3 Å². The molecule has 0 amide bonds. The van der Waals surface area contributed by atoms with Crippen molar-refractivity contribution in [3.8, 4) is 0 Å². The van der Waals surface area contributed by atoms with Gasteiger partial charge in [-0.3, -0.25) is 0 Å². The van der Waals surface area contributed by atoms with Crippen molar-refractivity contribution in [2.24, 2.45) is 5.92 Å². The number of rotatable bonds is 1. The van der Waals surface area contributed by atoms with Gasteiger partial charge in [-0.2, -0.15) is 0 Å². The Labute approximate surface area is 86.3 Å². The van der Waals surface area contributed by atoms with Crippen molar-refractivity contribution in [1.82, 2.24) is 0 Å². The van der Waals surface area contributed by atoms with Crippen molar-refractivity contribution in [2.45, 2.75) is 38.5 Å². The Bertz CT molecular complexity index is 306. The van der Waals surface area contributed by atoms with E-state index >= 15 is 0 Å². The minimum absolute atomic E-state index is 0.752. The van der Waals surface area contributed by atoms with Crippen molar-refractivity contribution in [3.05, 3.63) is 29.8 Å². The van der Waals surface area contributed by atoms with Crippen LogP contribution in [0.3, 0.4) is 0 Å². The molecule has 14 heavy (non-hydrogen) atoms. The molecular formula is C13H19N. The predicted octanol–water partition coefficient (Wildman–Crippen LogP) is 3.56. The fourth-order valence-electron chi connectivity index (χ4n) is 2.55. The first kappa shape index (κ1) is 9.57. The molecule has 1 heteroatoms. The molecule has 0 saturated heterocycles. The molecule has 0 heterocycles. The SMILES string of the molecule is C[C@@H]1CCC[C@@H](c2cccc(N)c2)C1. The van der Waals surface area contributed by atoms with Crippen molar-refractivity contribution >= 4 is 5.69 Å². The maximum Gasteiger partial charge on any atom is 0.0316 e. The van der Waals surface area contributed by atoms with E-state index in [2.05, 4.69) is 25.1 Å². The van der Waals surface area contributed by atoms with Gasteiger partial charge in [-0.1, -0.05) is 31.9 Å². The molecule has 0 unspecified atom stereocenters. The van der Waals surface area contributed by atoms with Crippen LogP contribution >= 0.6 is 0 Å². The highest BCUT2D eigenvalue weighted by Crippen LogP contribution is 2.36. The summed E-state index contributed by atoms with van der Waals surface area (Å²) in [6.45, 7) is 2.36. The summed E-state index contributed by atoms with van der Waals surface area (Å²) in [6, 6.07) is 8.40. The van der Waals surface area contributed by atoms with E-state index in [1.54, 1.807) is 0 Å². The van der Waals surface area contributed by atoms with E-state index in [4.69, 9.17) is 5.73 Å². The standard InChI is InChI=1S/C13H19N/c1-10-4-2-5-11(8-10)12-6-3-7-13(14)9-12/h3,6-7,9-11H,2,4-5,8,14H2,1H3/t10-,11-/m1/s1. The highest BCUT2D eigenvalue weighted by atomic mass is 14.5. The van der Waals surface area contributed by atoms with E-state index in [1.807, 2.05) is 6.07 Å². The summed E-state index contributed by atoms with van der Waals surface area (Å²) in [7, 11) is 0. The summed E-state index contributed by atoms with van der Waals surface area (Å²) < 4.78 is 0. The van der Waals surface area contributed by atoms with E-state index < -0.39 is 0 Å². The average molecular weight is 189 g/mol. The van der Waals surface area contributed by atoms with Crippen LogP contribution in [0.25, 0.3) is 0 Å². The third-order valence-electron chi connectivity index (χ3n) is 3.32. The summed E-state index contributed by atoms with van der Waals surface area (Å²) in [5.41, 5.74) is 8.14. The highest BCUT2D eigenvalue weighted by Gasteiger charge is 2.20. The number of nitrogen functional groups attached to an aromatic ring is 1. The Balaban J connectivity index is 2.14. The molecule has 0 spiro atoms. The number of anilines is 1. The second-order valence-electron chi connectivity index (χ2n) is 4.64. The molecule has 0 aliphatic heterocycles. The van der Waals surface area contributed by atoms with Crippen LogP contribution in [0.2, 0.25) is 0 Å². The van der Waals surface area contributed by atoms with Crippen LogP contribution in [-0.2, 0) is 0 Å². The van der Waals surface area contributed by atoms with E-state index in [0.717, 1.165) is 17.5 Å². The second-order valence-corrected chi connectivity index (χ2v) is 4.64. The molecule has 2 atom stereocenters. The third-order valence-corrected chi connectivity index (χ3v) is 3.32. The largest absolute Gasteiger partial charge is 0.399 e. The van der Waals surface area contributed by atoms with Crippen LogP contribution in [0.4, 0.5) is 5.69 Å². The third kappa shape index (κ3) is 2.09. The predicted molar refractivity (Wildman–Crippen MR) is 61.2 cm³/mol. The quantitative estimate of drug-likeness (QED) is 0.672. The van der Waals surface area contributed by atoms with E-state index in [0.29, 0.717) is 0 Å². The summed E-state index contributed by atoms with van der Waals surface area (Å²) in [5.74, 6) is 1.64. The van der Waals surface area contributed by atoms with Gasteiger partial charge in [-0.15, -0.1) is 0 Å². The lowest BCUT2D eigenvalue weighted by Gasteiger charge is -2.27. The topological polar surface area (TPSA) is 26.0 Å². The summed E-state index contributed by atoms with van der Waals surface area (Å²) in [4.78, 5) is 0. The van der Waals surface area contributed by atoms with Crippen molar-refractivity contribution in [1.29, 1.82) is 0 Å². The molecule has 0 radical (unpaired) electrons. The molecule has 1 nitrogen and oxygen atoms in total. The van der Waals surface area contributed by atoms with Crippen LogP contribution in [0.5, 0.6) is 0 Å². The van der Waals surface area contributed by atoms with Gasteiger partial charge < -0.3 is 5.73 Å². The Morgan fingerprint density at radius 2 is 2.14 bits per heavy atom. The van der Waals surface area contributed by atoms with Crippen LogP contribution in [0.1, 0.15) is 44.1 Å². The zero-order chi connectivity index (χ0) is 9.97. The van der Waals surface area contributed by atoms with Crippen molar-refractivity contribution in [3.63, 3.8) is 0 Å². The number of hydrogen-bond donors (Lipinski definition) is 1. The monoisotopic (exact) mass is 189 g/mol. The summed E-state index contributed by atoms with van der Waals surface area (Å²) in [6.07, 6.45) is 5.46. The van der Waals surface area contributed by atoms with Gasteiger partial charge in [0.2, 0.25) is 0 Å². The first-order valence-corrected chi connectivity index (χ1v) is 5.61. The second kappa shape index (κ2) is 4.04. The Morgan fingerprint density at radius 1 is 1.29 bits per heavy atom. The number of hydrogen-bond acceptors (Lipinski definition) is 1. The lowest BCUT2D eigenvalue weighted by atomic mass is 9.79. The molecule has 1 aliphatic rings. The fraction of sp³-hybridized carbons (Fsp3) is 0.538. The normalized spacial score (nSPS) is 27.5. The molecule has 1 aliphatic carbocycles. The minimum Gasteiger partial charge on any atom is -0.399 e. The first-order chi connectivity index (χ1) is 6.75. The van der Waals surface area contributed by atoms with Crippen molar-refractivity contribution < 1.29 is 0 Å². The van der Waals surface area contributed by atoms with E-state index in [9.17, 15) is 0 Å². The highest BCUT2D eigenvalue weighted by molar-refractivity contribution is 5.41. The maximum atomic E-state index is 5.80. The van der Waals surface area contributed by atoms with Gasteiger partial charge in [-0.25, -0.2) is 0 Å². The molecule has 0 bridgehead atoms. The van der Waals surface area contributed by atoms with Gasteiger partial charge in [0.25, 0.3) is 0 Å². The summed E-state index contributed by atoms with van der Waals surface area (Å²) >= 11 is 0. The number of nitrogens with two attached hydrogens (primary N) is 1. The van der Waals surface area contributed by atoms with Crippen LogP contribution in [-0.4, -0.2) is 0 Å². The maximum absolute atomic E-state index is 5.80. The van der Waals surface area contributed by atoms with Gasteiger partial charge in [0.05, 0.1) is 0 Å². The van der Waals surface area contributed by atoms with Gasteiger partial charge in [0.1, 0.15) is 0 Å². The zero-order valence-electron chi connectivity index (χ0n) is 8.87. The zero-order valence-corrected chi connectivity index (χ0v) is 8.87. The van der Waals surface area contributed by atoms with Crippen LogP contribution < -0.4 is 5.73 Å². The van der Waals surface area contributed by atoms with E-state index in [1.165, 1.54) is 31.2 Å². The average Bonchev–Trinajstić information content (AvgIpc) is 2.18. The Kier molecular flexibility index (Phi) is 2.76. The Morgan fingerprint density at radius 3 is 2.86 bits per heavy atom. The molecule has 1 fully saturated rings. The van der Waals surface area contributed by atoms with E-state index in [-0.39, 0.29) is 0 Å². The molecule has 2 N–H and O–H groups in total. The molecule has 1 saturated carbocycles.